The van der Waals surface area contributed by atoms with Crippen LogP contribution in [0.1, 0.15) is 5.56 Å². The lowest BCUT2D eigenvalue weighted by Gasteiger charge is -2.10. The molecule has 0 aliphatic carbocycles. The average Bonchev–Trinajstić information content (AvgIpc) is 2.45. The summed E-state index contributed by atoms with van der Waals surface area (Å²) >= 11 is 5.70. The van der Waals surface area contributed by atoms with Gasteiger partial charge in [0.05, 0.1) is 0 Å². The Morgan fingerprint density at radius 1 is 1.20 bits per heavy atom. The van der Waals surface area contributed by atoms with Crippen LogP contribution in [0.2, 0.25) is 5.02 Å². The maximum absolute atomic E-state index is 13.6. The highest BCUT2D eigenvalue weighted by Crippen LogP contribution is 2.20. The molecule has 2 rings (SSSR count). The number of benzene rings is 2. The summed E-state index contributed by atoms with van der Waals surface area (Å²) in [5.74, 6) is 0.302. The van der Waals surface area contributed by atoms with Crippen molar-refractivity contribution in [1.82, 2.24) is 0 Å². The minimum Gasteiger partial charge on any atom is -0.489 e. The number of rotatable bonds is 6. The molecule has 106 valence electrons. The lowest BCUT2D eigenvalue weighted by Crippen LogP contribution is -2.13. The summed E-state index contributed by atoms with van der Waals surface area (Å²) in [7, 11) is 0. The fourth-order valence-electron chi connectivity index (χ4n) is 1.71. The molecule has 3 N–H and O–H groups in total. The fourth-order valence-corrected chi connectivity index (χ4v) is 1.87. The van der Waals surface area contributed by atoms with Gasteiger partial charge in [-0.1, -0.05) is 23.7 Å². The largest absolute Gasteiger partial charge is 0.489 e. The van der Waals surface area contributed by atoms with Gasteiger partial charge in [0.15, 0.2) is 0 Å². The molecule has 3 nitrogen and oxygen atoms in total. The fraction of sp³-hybridized carbons (Fsp3) is 0.200. The minimum absolute atomic E-state index is 0.156. The molecule has 20 heavy (non-hydrogen) atoms. The number of hydrogen-bond donors (Lipinski definition) is 2. The highest BCUT2D eigenvalue weighted by atomic mass is 35.5. The molecule has 0 saturated carbocycles. The van der Waals surface area contributed by atoms with Crippen LogP contribution < -0.4 is 15.8 Å². The smallest absolute Gasteiger partial charge is 0.131 e. The molecule has 0 bridgehead atoms. The first kappa shape index (κ1) is 14.6. The maximum atomic E-state index is 13.6. The molecule has 0 saturated heterocycles. The molecule has 0 unspecified atom stereocenters. The standard InChI is InChI=1S/C15H16ClFN2O/c16-12-5-4-11(15(17)8-12)10-20-14-3-1-2-13(9-14)19-7-6-18/h1-5,8-9,19H,6-7,10,18H2. The summed E-state index contributed by atoms with van der Waals surface area (Å²) < 4.78 is 19.2. The van der Waals surface area contributed by atoms with Gasteiger partial charge in [-0.25, -0.2) is 4.39 Å². The molecule has 0 atom stereocenters. The molecule has 0 radical (unpaired) electrons. The molecule has 5 heteroatoms. The first-order valence-electron chi connectivity index (χ1n) is 6.30. The second-order valence-electron chi connectivity index (χ2n) is 4.27. The van der Waals surface area contributed by atoms with Gasteiger partial charge in [-0.05, 0) is 24.3 Å². The van der Waals surface area contributed by atoms with E-state index in [1.54, 1.807) is 12.1 Å². The molecule has 0 amide bonds. The number of hydrogen-bond acceptors (Lipinski definition) is 3. The molecule has 0 aliphatic heterocycles. The lowest BCUT2D eigenvalue weighted by molar-refractivity contribution is 0.300. The molecule has 0 heterocycles. The Labute approximate surface area is 122 Å². The van der Waals surface area contributed by atoms with E-state index in [-0.39, 0.29) is 12.4 Å². The first-order chi connectivity index (χ1) is 9.69. The van der Waals surface area contributed by atoms with Crippen LogP contribution in [0.5, 0.6) is 5.75 Å². The van der Waals surface area contributed by atoms with E-state index in [4.69, 9.17) is 22.1 Å². The summed E-state index contributed by atoms with van der Waals surface area (Å²) in [6.07, 6.45) is 0. The Morgan fingerprint density at radius 2 is 2.05 bits per heavy atom. The van der Waals surface area contributed by atoms with Gasteiger partial charge in [-0.15, -0.1) is 0 Å². The van der Waals surface area contributed by atoms with Crippen molar-refractivity contribution in [3.05, 3.63) is 58.9 Å². The average molecular weight is 295 g/mol. The Kier molecular flexibility index (Phi) is 5.21. The number of nitrogens with one attached hydrogen (secondary N) is 1. The Hall–Kier alpha value is -1.78. The Balaban J connectivity index is 1.99. The Morgan fingerprint density at radius 3 is 2.80 bits per heavy atom. The molecule has 0 aromatic heterocycles. The molecular weight excluding hydrogens is 279 g/mol. The third-order valence-corrected chi connectivity index (χ3v) is 2.95. The van der Waals surface area contributed by atoms with Crippen molar-refractivity contribution in [2.45, 2.75) is 6.61 Å². The summed E-state index contributed by atoms with van der Waals surface area (Å²) in [4.78, 5) is 0. The lowest BCUT2D eigenvalue weighted by atomic mass is 10.2. The molecule has 2 aromatic rings. The van der Waals surface area contributed by atoms with Crippen molar-refractivity contribution in [3.63, 3.8) is 0 Å². The first-order valence-corrected chi connectivity index (χ1v) is 6.67. The second-order valence-corrected chi connectivity index (χ2v) is 4.70. The van der Waals surface area contributed by atoms with Crippen molar-refractivity contribution >= 4 is 17.3 Å². The number of anilines is 1. The van der Waals surface area contributed by atoms with Crippen LogP contribution >= 0.6 is 11.6 Å². The predicted molar refractivity (Wildman–Crippen MR) is 79.7 cm³/mol. The molecule has 0 aliphatic rings. The SMILES string of the molecule is NCCNc1cccc(OCc2ccc(Cl)cc2F)c1. The van der Waals surface area contributed by atoms with Crippen LogP contribution in [0, 0.1) is 5.82 Å². The third-order valence-electron chi connectivity index (χ3n) is 2.72. The summed E-state index contributed by atoms with van der Waals surface area (Å²) in [6.45, 7) is 1.40. The van der Waals surface area contributed by atoms with Crippen LogP contribution in [0.25, 0.3) is 0 Å². The van der Waals surface area contributed by atoms with Crippen LogP contribution in [0.15, 0.2) is 42.5 Å². The van der Waals surface area contributed by atoms with Crippen molar-refractivity contribution in [2.24, 2.45) is 5.73 Å². The number of ether oxygens (including phenoxy) is 1. The monoisotopic (exact) mass is 294 g/mol. The highest BCUT2D eigenvalue weighted by molar-refractivity contribution is 6.30. The van der Waals surface area contributed by atoms with Gasteiger partial charge in [0, 0.05) is 35.4 Å². The van der Waals surface area contributed by atoms with Gasteiger partial charge < -0.3 is 15.8 Å². The third kappa shape index (κ3) is 4.11. The van der Waals surface area contributed by atoms with Crippen molar-refractivity contribution < 1.29 is 9.13 Å². The van der Waals surface area contributed by atoms with Crippen LogP contribution in [-0.2, 0) is 6.61 Å². The van der Waals surface area contributed by atoms with Crippen LogP contribution in [-0.4, -0.2) is 13.1 Å². The van der Waals surface area contributed by atoms with E-state index in [0.717, 1.165) is 5.69 Å². The van der Waals surface area contributed by atoms with Gasteiger partial charge >= 0.3 is 0 Å². The molecule has 0 fully saturated rings. The molecular formula is C15H16ClFN2O. The van der Waals surface area contributed by atoms with Crippen molar-refractivity contribution in [3.8, 4) is 5.75 Å². The van der Waals surface area contributed by atoms with E-state index in [2.05, 4.69) is 5.32 Å². The minimum atomic E-state index is -0.366. The number of halogens is 2. The van der Waals surface area contributed by atoms with E-state index in [9.17, 15) is 4.39 Å². The van der Waals surface area contributed by atoms with E-state index in [0.29, 0.717) is 29.4 Å². The molecule has 2 aromatic carbocycles. The van der Waals surface area contributed by atoms with Gasteiger partial charge in [-0.3, -0.25) is 0 Å². The van der Waals surface area contributed by atoms with Gasteiger partial charge in [0.1, 0.15) is 18.2 Å². The van der Waals surface area contributed by atoms with Crippen LogP contribution in [0.4, 0.5) is 10.1 Å². The zero-order valence-electron chi connectivity index (χ0n) is 10.9. The van der Waals surface area contributed by atoms with Gasteiger partial charge in [0.25, 0.3) is 0 Å². The van der Waals surface area contributed by atoms with E-state index in [1.165, 1.54) is 6.07 Å². The van der Waals surface area contributed by atoms with Crippen molar-refractivity contribution in [1.29, 1.82) is 0 Å². The van der Waals surface area contributed by atoms with Gasteiger partial charge in [-0.2, -0.15) is 0 Å². The normalized spacial score (nSPS) is 10.3. The van der Waals surface area contributed by atoms with Gasteiger partial charge in [0.2, 0.25) is 0 Å². The molecule has 0 spiro atoms. The second kappa shape index (κ2) is 7.12. The predicted octanol–water partition coefficient (Wildman–Crippen LogP) is 3.43. The quantitative estimate of drug-likeness (QED) is 0.858. The topological polar surface area (TPSA) is 47.3 Å². The van der Waals surface area contributed by atoms with Crippen molar-refractivity contribution in [2.75, 3.05) is 18.4 Å². The summed E-state index contributed by atoms with van der Waals surface area (Å²) in [5, 5.41) is 3.53. The van der Waals surface area contributed by atoms with E-state index >= 15 is 0 Å². The summed E-state index contributed by atoms with van der Waals surface area (Å²) in [5.41, 5.74) is 6.82. The zero-order valence-corrected chi connectivity index (χ0v) is 11.7. The Bertz CT molecular complexity index is 578. The van der Waals surface area contributed by atoms with Crippen LogP contribution in [0.3, 0.4) is 0 Å². The van der Waals surface area contributed by atoms with E-state index < -0.39 is 0 Å². The maximum Gasteiger partial charge on any atom is 0.131 e. The van der Waals surface area contributed by atoms with E-state index in [1.807, 2.05) is 24.3 Å². The zero-order chi connectivity index (χ0) is 14.4. The summed E-state index contributed by atoms with van der Waals surface area (Å²) in [6, 6.07) is 12.0. The number of nitrogens with two attached hydrogens (primary N) is 1. The highest BCUT2D eigenvalue weighted by Gasteiger charge is 2.04.